The fourth-order valence-electron chi connectivity index (χ4n) is 5.44. The predicted octanol–water partition coefficient (Wildman–Crippen LogP) is 8.60. The summed E-state index contributed by atoms with van der Waals surface area (Å²) in [6, 6.07) is 24.7. The highest BCUT2D eigenvalue weighted by molar-refractivity contribution is 8.77. The molecular weight excluding hydrogens is 801 g/mol. The zero-order chi connectivity index (χ0) is 37.7. The average Bonchev–Trinajstić information content (AvgIpc) is 3.12. The van der Waals surface area contributed by atoms with Crippen LogP contribution in [-0.2, 0) is 20.0 Å². The van der Waals surface area contributed by atoms with Crippen LogP contribution in [0.25, 0.3) is 21.5 Å². The van der Waals surface area contributed by atoms with E-state index in [9.17, 15) is 46.5 Å². The van der Waals surface area contributed by atoms with Crippen LogP contribution in [0.15, 0.2) is 133 Å². The molecule has 0 fully saturated rings. The highest BCUT2D eigenvalue weighted by Crippen LogP contribution is 2.45. The van der Waals surface area contributed by atoms with Gasteiger partial charge in [0.1, 0.15) is 0 Å². The summed E-state index contributed by atoms with van der Waals surface area (Å²) in [6.07, 6.45) is 0. The number of benzene rings is 6. The van der Waals surface area contributed by atoms with Crippen molar-refractivity contribution in [1.82, 2.24) is 0 Å². The molecule has 0 saturated carbocycles. The minimum absolute atomic E-state index is 0.00350. The van der Waals surface area contributed by atoms with E-state index in [1.54, 1.807) is 30.3 Å². The van der Waals surface area contributed by atoms with Gasteiger partial charge in [-0.25, -0.2) is 31.2 Å². The van der Waals surface area contributed by atoms with Gasteiger partial charge in [0.15, 0.2) is 0 Å². The maximum absolute atomic E-state index is 13.4. The molecule has 6 aromatic carbocycles. The minimum atomic E-state index is -4.25. The molecule has 53 heavy (non-hydrogen) atoms. The zero-order valence-electron chi connectivity index (χ0n) is 26.5. The lowest BCUT2D eigenvalue weighted by Gasteiger charge is -2.14. The average molecular weight is 823 g/mol. The van der Waals surface area contributed by atoms with Crippen molar-refractivity contribution in [2.45, 2.75) is 29.4 Å². The Kier molecular flexibility index (Phi) is 9.77. The van der Waals surface area contributed by atoms with Crippen molar-refractivity contribution in [3.05, 3.63) is 120 Å². The van der Waals surface area contributed by atoms with Crippen molar-refractivity contribution in [2.75, 3.05) is 9.44 Å². The lowest BCUT2D eigenvalue weighted by Crippen LogP contribution is -2.14. The predicted molar refractivity (Wildman–Crippen MR) is 207 cm³/mol. The highest BCUT2D eigenvalue weighted by atomic mass is 33.1. The molecule has 0 aliphatic carbocycles. The molecule has 0 spiro atoms. The molecule has 14 heterocycles. The van der Waals surface area contributed by atoms with Gasteiger partial charge in [-0.3, -0.25) is 9.44 Å². The van der Waals surface area contributed by atoms with Gasteiger partial charge < -0.3 is 15.3 Å². The Morgan fingerprint density at radius 3 is 1.45 bits per heavy atom. The smallest absolute Gasteiger partial charge is 0.337 e. The topological polar surface area (TPSA) is 204 Å². The molecule has 20 rings (SSSR count). The monoisotopic (exact) mass is 822 g/mol. The Morgan fingerprint density at radius 1 is 0.472 bits per heavy atom. The van der Waals surface area contributed by atoms with Gasteiger partial charge in [-0.2, -0.15) is 0 Å². The minimum Gasteiger partial charge on any atom is -0.478 e. The largest absolute Gasteiger partial charge is 0.478 e. The van der Waals surface area contributed by atoms with E-state index in [0.29, 0.717) is 36.2 Å². The molecule has 0 amide bonds. The summed E-state index contributed by atoms with van der Waals surface area (Å²) in [5.74, 6) is -3.81. The lowest BCUT2D eigenvalue weighted by atomic mass is 10.0. The number of nitrogens with one attached hydrogen (secondary N) is 2. The first-order valence-electron chi connectivity index (χ1n) is 15.0. The number of carbonyl (C=O) groups is 3. The second kappa shape index (κ2) is 14.2. The molecule has 6 aromatic rings. The van der Waals surface area contributed by atoms with E-state index in [0.717, 1.165) is 32.4 Å². The van der Waals surface area contributed by atoms with E-state index < -0.39 is 38.0 Å². The number of sulfonamides is 2. The fraction of sp³-hybridized carbons (Fsp3) is 0. The number of carboxylic acids is 3. The summed E-state index contributed by atoms with van der Waals surface area (Å²) in [7, 11) is -4.05. The number of hydrogen-bond acceptors (Lipinski definition) is 11. The number of carboxylic acid groups (broad SMARTS) is 3. The summed E-state index contributed by atoms with van der Waals surface area (Å²) in [5, 5.41) is 32.0. The van der Waals surface area contributed by atoms with Crippen LogP contribution < -0.4 is 9.44 Å². The maximum Gasteiger partial charge on any atom is 0.337 e. The van der Waals surface area contributed by atoms with E-state index in [-0.39, 0.29) is 42.8 Å². The van der Waals surface area contributed by atoms with Crippen molar-refractivity contribution < 1.29 is 46.5 Å². The van der Waals surface area contributed by atoms with Gasteiger partial charge in [0, 0.05) is 31.0 Å². The van der Waals surface area contributed by atoms with Gasteiger partial charge >= 0.3 is 17.9 Å². The van der Waals surface area contributed by atoms with E-state index in [2.05, 4.69) is 9.44 Å². The van der Waals surface area contributed by atoms with Crippen molar-refractivity contribution in [3.8, 4) is 0 Å². The van der Waals surface area contributed by atoms with Gasteiger partial charge in [-0.05, 0) is 100 Å². The van der Waals surface area contributed by atoms with Gasteiger partial charge in [-0.15, -0.1) is 0 Å². The van der Waals surface area contributed by atoms with Crippen LogP contribution in [0, 0.1) is 0 Å². The summed E-state index contributed by atoms with van der Waals surface area (Å²) in [6.45, 7) is 0. The van der Waals surface area contributed by atoms with E-state index >= 15 is 0 Å². The molecule has 5 N–H and O–H groups in total. The van der Waals surface area contributed by atoms with Gasteiger partial charge in [0.05, 0.1) is 26.5 Å². The van der Waals surface area contributed by atoms with Gasteiger partial charge in [0.2, 0.25) is 0 Å². The van der Waals surface area contributed by atoms with Crippen molar-refractivity contribution in [1.29, 1.82) is 0 Å². The standard InChI is InChI=1S/C35H22N2O10S6/c38-33(39)27-16-21-4-11-29(27)49-48-23-6-9-26-20(13-23)3-10-31(32(26)35(42)43)51-50-30-12-5-22(17-28(30)34(40)41)37-53(46,47)25-8-2-18-14-24(52(44,45)36-21)7-1-19(18)15-25/h1-17,36-37H,(H,38,39)(H,40,41)(H,42,43). The van der Waals surface area contributed by atoms with Crippen LogP contribution in [0.2, 0.25) is 0 Å². The maximum atomic E-state index is 13.4. The van der Waals surface area contributed by atoms with Crippen LogP contribution in [0.1, 0.15) is 31.1 Å². The van der Waals surface area contributed by atoms with E-state index in [1.165, 1.54) is 83.6 Å². The molecule has 0 atom stereocenters. The van der Waals surface area contributed by atoms with Gasteiger partial charge in [0.25, 0.3) is 20.0 Å². The molecule has 268 valence electrons. The summed E-state index contributed by atoms with van der Waals surface area (Å²) >= 11 is 0. The first kappa shape index (κ1) is 36.5. The molecule has 18 heteroatoms. The summed E-state index contributed by atoms with van der Waals surface area (Å²) < 4.78 is 58.4. The third-order valence-corrected chi connectivity index (χ3v) is 15.6. The van der Waals surface area contributed by atoms with Crippen LogP contribution in [0.3, 0.4) is 0 Å². The molecule has 14 aliphatic heterocycles. The third-order valence-electron chi connectivity index (χ3n) is 7.94. The highest BCUT2D eigenvalue weighted by Gasteiger charge is 2.22. The quantitative estimate of drug-likeness (QED) is 0.106. The molecular formula is C35H22N2O10S6. The number of rotatable bonds is 3. The Morgan fingerprint density at radius 2 is 0.943 bits per heavy atom. The van der Waals surface area contributed by atoms with Crippen LogP contribution in [0.5, 0.6) is 0 Å². The molecule has 12 bridgehead atoms. The molecule has 0 radical (unpaired) electrons. The van der Waals surface area contributed by atoms with Crippen molar-refractivity contribution >= 4 is 114 Å². The SMILES string of the molecule is O=C(O)c1cc2ccc1SSc1ccc3c(C(=O)O)c(ccc3c1)SSc1ccc(cc1C(=O)O)NS(=O)(=O)c1ccc3cc(ccc3c1)S(=O)(=O)N2. The van der Waals surface area contributed by atoms with Crippen molar-refractivity contribution in [3.63, 3.8) is 0 Å². The summed E-state index contributed by atoms with van der Waals surface area (Å²) in [4.78, 5) is 38.3. The normalized spacial score (nSPS) is 15.1. The first-order valence-corrected chi connectivity index (χ1v) is 22.3. The Bertz CT molecular complexity index is 2770. The Balaban J connectivity index is 1.34. The second-order valence-electron chi connectivity index (χ2n) is 11.4. The van der Waals surface area contributed by atoms with Crippen molar-refractivity contribution in [2.24, 2.45) is 0 Å². The molecule has 0 unspecified atom stereocenters. The Hall–Kier alpha value is -4.85. The number of aromatic carboxylic acids is 3. The molecule has 0 aromatic heterocycles. The second-order valence-corrected chi connectivity index (χ2v) is 19.2. The fourth-order valence-corrected chi connectivity index (χ4v) is 12.1. The molecule has 14 aliphatic rings. The van der Waals surface area contributed by atoms with Crippen LogP contribution >= 0.6 is 43.2 Å². The lowest BCUT2D eigenvalue weighted by molar-refractivity contribution is 0.0682. The van der Waals surface area contributed by atoms with Crippen LogP contribution in [-0.4, -0.2) is 50.1 Å². The number of anilines is 2. The first-order chi connectivity index (χ1) is 25.2. The van der Waals surface area contributed by atoms with E-state index in [4.69, 9.17) is 0 Å². The zero-order valence-corrected chi connectivity index (χ0v) is 31.4. The molecule has 12 nitrogen and oxygen atoms in total. The third kappa shape index (κ3) is 7.51. The summed E-state index contributed by atoms with van der Waals surface area (Å²) in [5.41, 5.74) is -0.383. The van der Waals surface area contributed by atoms with E-state index in [1.807, 2.05) is 0 Å². The Labute approximate surface area is 317 Å². The molecule has 0 saturated heterocycles. The van der Waals surface area contributed by atoms with Crippen LogP contribution in [0.4, 0.5) is 11.4 Å². The van der Waals surface area contributed by atoms with Gasteiger partial charge in [-0.1, -0.05) is 67.4 Å². The number of hydrogen-bond donors (Lipinski definition) is 5.